The minimum absolute atomic E-state index is 0.0293. The van der Waals surface area contributed by atoms with Crippen LogP contribution in [0.25, 0.3) is 0 Å². The SMILES string of the molecule is Cc1ccc(C2(O)CCN(c3cccnc3N=C(N)Nc3ccc(C(=O)N(C)C4CCN(C)CC4)cc3)CC2)cc1. The summed E-state index contributed by atoms with van der Waals surface area (Å²) >= 11 is 0. The van der Waals surface area contributed by atoms with Crippen molar-refractivity contribution in [2.45, 2.75) is 44.2 Å². The van der Waals surface area contributed by atoms with Crippen molar-refractivity contribution < 1.29 is 9.90 Å². The lowest BCUT2D eigenvalue weighted by Crippen LogP contribution is -2.44. The van der Waals surface area contributed by atoms with Gasteiger partial charge in [0.15, 0.2) is 11.8 Å². The van der Waals surface area contributed by atoms with E-state index in [1.165, 1.54) is 5.56 Å². The second-order valence-corrected chi connectivity index (χ2v) is 11.4. The number of aromatic nitrogens is 1. The van der Waals surface area contributed by atoms with Crippen molar-refractivity contribution in [2.24, 2.45) is 10.7 Å². The van der Waals surface area contributed by atoms with Crippen LogP contribution in [0.2, 0.25) is 0 Å². The number of anilines is 2. The number of benzene rings is 2. The number of guanidine groups is 1. The van der Waals surface area contributed by atoms with Crippen molar-refractivity contribution in [3.8, 4) is 0 Å². The first-order valence-corrected chi connectivity index (χ1v) is 14.4. The number of carbonyl (C=O) groups excluding carboxylic acids is 1. The summed E-state index contributed by atoms with van der Waals surface area (Å²) in [6, 6.07) is 19.6. The molecular weight excluding hydrogens is 514 g/mol. The molecule has 3 aromatic rings. The van der Waals surface area contributed by atoms with E-state index in [2.05, 4.69) is 32.1 Å². The number of nitrogens with zero attached hydrogens (tertiary/aromatic N) is 5. The smallest absolute Gasteiger partial charge is 0.253 e. The molecule has 0 bridgehead atoms. The fourth-order valence-corrected chi connectivity index (χ4v) is 5.73. The molecule has 0 atom stereocenters. The van der Waals surface area contributed by atoms with Gasteiger partial charge in [0.2, 0.25) is 0 Å². The van der Waals surface area contributed by atoms with Crippen molar-refractivity contribution in [1.82, 2.24) is 14.8 Å². The first kappa shape index (κ1) is 28.6. The zero-order valence-corrected chi connectivity index (χ0v) is 24.3. The number of pyridine rings is 1. The normalized spacial score (nSPS) is 18.2. The first-order chi connectivity index (χ1) is 19.7. The Balaban J connectivity index is 1.21. The van der Waals surface area contributed by atoms with E-state index in [0.29, 0.717) is 37.3 Å². The maximum Gasteiger partial charge on any atom is 0.253 e. The van der Waals surface area contributed by atoms with Crippen LogP contribution in [0.3, 0.4) is 0 Å². The van der Waals surface area contributed by atoms with E-state index in [4.69, 9.17) is 5.73 Å². The fraction of sp³-hybridized carbons (Fsp3) is 0.406. The molecule has 1 amide bonds. The van der Waals surface area contributed by atoms with Gasteiger partial charge in [0, 0.05) is 43.6 Å². The van der Waals surface area contributed by atoms with E-state index >= 15 is 0 Å². The van der Waals surface area contributed by atoms with E-state index in [9.17, 15) is 9.90 Å². The minimum Gasteiger partial charge on any atom is -0.385 e. The van der Waals surface area contributed by atoms with E-state index < -0.39 is 5.60 Å². The van der Waals surface area contributed by atoms with Gasteiger partial charge in [-0.2, -0.15) is 4.99 Å². The summed E-state index contributed by atoms with van der Waals surface area (Å²) in [5.41, 5.74) is 9.85. The number of carbonyl (C=O) groups is 1. The van der Waals surface area contributed by atoms with Gasteiger partial charge in [-0.25, -0.2) is 4.98 Å². The molecular formula is C32H41N7O2. The molecule has 0 aliphatic carbocycles. The first-order valence-electron chi connectivity index (χ1n) is 14.4. The highest BCUT2D eigenvalue weighted by molar-refractivity contribution is 5.97. The summed E-state index contributed by atoms with van der Waals surface area (Å²) in [6.07, 6.45) is 4.90. The molecule has 41 heavy (non-hydrogen) atoms. The number of piperidine rings is 2. The predicted octanol–water partition coefficient (Wildman–Crippen LogP) is 4.10. The van der Waals surface area contributed by atoms with Crippen molar-refractivity contribution in [3.63, 3.8) is 0 Å². The van der Waals surface area contributed by atoms with Gasteiger partial charge in [-0.3, -0.25) is 4.79 Å². The van der Waals surface area contributed by atoms with Crippen LogP contribution in [0.15, 0.2) is 71.9 Å². The highest BCUT2D eigenvalue weighted by atomic mass is 16.3. The Morgan fingerprint density at radius 2 is 1.71 bits per heavy atom. The molecule has 0 unspecified atom stereocenters. The van der Waals surface area contributed by atoms with Crippen LogP contribution < -0.4 is 16.0 Å². The number of likely N-dealkylation sites (tertiary alicyclic amines) is 1. The maximum atomic E-state index is 13.0. The number of aliphatic imine (C=N–C) groups is 1. The fourth-order valence-electron chi connectivity index (χ4n) is 5.73. The molecule has 2 aromatic carbocycles. The van der Waals surface area contributed by atoms with Crippen molar-refractivity contribution >= 4 is 29.1 Å². The minimum atomic E-state index is -0.841. The molecule has 9 heteroatoms. The van der Waals surface area contributed by atoms with Crippen LogP contribution >= 0.6 is 0 Å². The largest absolute Gasteiger partial charge is 0.385 e. The molecule has 3 heterocycles. The Morgan fingerprint density at radius 1 is 1.05 bits per heavy atom. The van der Waals surface area contributed by atoms with Gasteiger partial charge in [-0.05, 0) is 94.7 Å². The number of rotatable bonds is 6. The van der Waals surface area contributed by atoms with Gasteiger partial charge in [0.1, 0.15) is 0 Å². The molecule has 0 spiro atoms. The van der Waals surface area contributed by atoms with E-state index in [0.717, 1.165) is 42.9 Å². The van der Waals surface area contributed by atoms with Crippen LogP contribution in [0.5, 0.6) is 0 Å². The van der Waals surface area contributed by atoms with Crippen molar-refractivity contribution in [1.29, 1.82) is 0 Å². The van der Waals surface area contributed by atoms with Gasteiger partial charge < -0.3 is 30.9 Å². The Hall–Kier alpha value is -3.95. The van der Waals surface area contributed by atoms with Crippen LogP contribution in [0.4, 0.5) is 17.2 Å². The predicted molar refractivity (Wildman–Crippen MR) is 165 cm³/mol. The molecule has 2 aliphatic heterocycles. The molecule has 2 fully saturated rings. The number of aryl methyl sites for hydroxylation is 1. The van der Waals surface area contributed by atoms with Gasteiger partial charge in [0.25, 0.3) is 5.91 Å². The summed E-state index contributed by atoms with van der Waals surface area (Å²) in [7, 11) is 4.01. The van der Waals surface area contributed by atoms with E-state index in [1.54, 1.807) is 6.20 Å². The standard InChI is InChI=1S/C32H41N7O2/c1-23-6-10-25(11-7-23)32(41)16-21-39(22-17-32)28-5-4-18-34-29(28)36-31(33)35-26-12-8-24(9-13-26)30(40)38(3)27-14-19-37(2)20-15-27/h4-13,18,27,41H,14-17,19-22H2,1-3H3,(H3,33,34,35,36). The van der Waals surface area contributed by atoms with Crippen LogP contribution in [0.1, 0.15) is 47.2 Å². The lowest BCUT2D eigenvalue weighted by atomic mass is 9.84. The Labute approximate surface area is 242 Å². The third-order valence-corrected chi connectivity index (χ3v) is 8.47. The summed E-state index contributed by atoms with van der Waals surface area (Å²) in [4.78, 5) is 28.5. The lowest BCUT2D eigenvalue weighted by Gasteiger charge is -2.39. The van der Waals surface area contributed by atoms with Crippen molar-refractivity contribution in [2.75, 3.05) is 50.5 Å². The molecule has 2 aliphatic rings. The zero-order valence-electron chi connectivity index (χ0n) is 24.3. The second kappa shape index (κ2) is 12.3. The molecule has 216 valence electrons. The molecule has 5 rings (SSSR count). The average molecular weight is 556 g/mol. The molecule has 9 nitrogen and oxygen atoms in total. The summed E-state index contributed by atoms with van der Waals surface area (Å²) in [5.74, 6) is 0.757. The van der Waals surface area contributed by atoms with Crippen molar-refractivity contribution in [3.05, 3.63) is 83.6 Å². The monoisotopic (exact) mass is 555 g/mol. The third-order valence-electron chi connectivity index (χ3n) is 8.47. The van der Waals surface area contributed by atoms with Crippen LogP contribution in [-0.4, -0.2) is 78.1 Å². The average Bonchev–Trinajstić information content (AvgIpc) is 2.98. The Kier molecular flexibility index (Phi) is 8.56. The van der Waals surface area contributed by atoms with Gasteiger partial charge in [-0.1, -0.05) is 29.8 Å². The molecule has 0 radical (unpaired) electrons. The topological polar surface area (TPSA) is 110 Å². The number of hydrogen-bond acceptors (Lipinski definition) is 6. The third kappa shape index (κ3) is 6.69. The number of amides is 1. The Morgan fingerprint density at radius 3 is 2.37 bits per heavy atom. The molecule has 0 saturated carbocycles. The summed E-state index contributed by atoms with van der Waals surface area (Å²) < 4.78 is 0. The van der Waals surface area contributed by atoms with E-state index in [1.807, 2.05) is 79.5 Å². The van der Waals surface area contributed by atoms with E-state index in [-0.39, 0.29) is 17.9 Å². The summed E-state index contributed by atoms with van der Waals surface area (Å²) in [5, 5.41) is 14.4. The summed E-state index contributed by atoms with van der Waals surface area (Å²) in [6.45, 7) is 5.42. The molecule has 2 saturated heterocycles. The van der Waals surface area contributed by atoms with Crippen LogP contribution in [-0.2, 0) is 5.60 Å². The molecule has 1 aromatic heterocycles. The number of hydrogen-bond donors (Lipinski definition) is 3. The number of nitrogens with two attached hydrogens (primary N) is 1. The Bertz CT molecular complexity index is 1360. The maximum absolute atomic E-state index is 13.0. The zero-order chi connectivity index (χ0) is 29.0. The van der Waals surface area contributed by atoms with Gasteiger partial charge in [0.05, 0.1) is 11.3 Å². The lowest BCUT2D eigenvalue weighted by molar-refractivity contribution is 0.0118. The highest BCUT2D eigenvalue weighted by Gasteiger charge is 2.34. The second-order valence-electron chi connectivity index (χ2n) is 11.4. The van der Waals surface area contributed by atoms with Crippen LogP contribution in [0, 0.1) is 6.92 Å². The van der Waals surface area contributed by atoms with Gasteiger partial charge in [-0.15, -0.1) is 0 Å². The number of aliphatic hydroxyl groups is 1. The quantitative estimate of drug-likeness (QED) is 0.310. The highest BCUT2D eigenvalue weighted by Crippen LogP contribution is 2.36. The van der Waals surface area contributed by atoms with Gasteiger partial charge >= 0.3 is 0 Å². The number of nitrogens with one attached hydrogen (secondary N) is 1. The molecule has 4 N–H and O–H groups in total.